The third-order valence-corrected chi connectivity index (χ3v) is 3.70. The number of hydrogen-bond donors (Lipinski definition) is 3. The molecule has 25 heavy (non-hydrogen) atoms. The molecule has 2 aromatic carbocycles. The number of aliphatic hydroxyl groups excluding tert-OH is 1. The molecule has 130 valence electrons. The summed E-state index contributed by atoms with van der Waals surface area (Å²) in [5.41, 5.74) is 7.70. The first-order valence-corrected chi connectivity index (χ1v) is 7.91. The summed E-state index contributed by atoms with van der Waals surface area (Å²) in [4.78, 5) is 11.2. The van der Waals surface area contributed by atoms with Crippen molar-refractivity contribution in [2.24, 2.45) is 5.73 Å². The highest BCUT2D eigenvalue weighted by molar-refractivity contribution is 5.80. The molecule has 0 aromatic heterocycles. The Labute approximate surface area is 146 Å². The van der Waals surface area contributed by atoms with Gasteiger partial charge in [-0.25, -0.2) is 0 Å². The molecule has 0 aliphatic carbocycles. The number of carbonyl (C=O) groups is 1. The number of amides is 1. The van der Waals surface area contributed by atoms with E-state index >= 15 is 0 Å². The Morgan fingerprint density at radius 1 is 1.28 bits per heavy atom. The van der Waals surface area contributed by atoms with Gasteiger partial charge in [0, 0.05) is 6.54 Å². The van der Waals surface area contributed by atoms with E-state index in [-0.39, 0.29) is 0 Å². The lowest BCUT2D eigenvalue weighted by Gasteiger charge is -2.18. The first kappa shape index (κ1) is 18.5. The van der Waals surface area contributed by atoms with Crippen molar-refractivity contribution in [1.29, 1.82) is 5.26 Å². The monoisotopic (exact) mass is 339 g/mol. The van der Waals surface area contributed by atoms with Crippen LogP contribution in [0.15, 0.2) is 48.5 Å². The molecule has 2 unspecified atom stereocenters. The zero-order valence-corrected chi connectivity index (χ0v) is 14.0. The zero-order valence-electron chi connectivity index (χ0n) is 14.0. The van der Waals surface area contributed by atoms with Gasteiger partial charge in [0.25, 0.3) is 0 Å². The smallest absolute Gasteiger partial charge is 0.237 e. The fraction of sp³-hybridized carbons (Fsp3) is 0.263. The minimum atomic E-state index is -0.857. The number of carbonyl (C=O) groups excluding carboxylic acids is 1. The van der Waals surface area contributed by atoms with Crippen LogP contribution in [0.1, 0.15) is 23.6 Å². The Morgan fingerprint density at radius 3 is 2.60 bits per heavy atom. The number of nitrogens with two attached hydrogens (primary N) is 1. The van der Waals surface area contributed by atoms with Gasteiger partial charge in [-0.05, 0) is 42.3 Å². The zero-order chi connectivity index (χ0) is 18.2. The lowest BCUT2D eigenvalue weighted by Crippen LogP contribution is -2.47. The number of ether oxygens (including phenoxy) is 1. The van der Waals surface area contributed by atoms with E-state index in [4.69, 9.17) is 15.7 Å². The molecule has 6 heteroatoms. The summed E-state index contributed by atoms with van der Waals surface area (Å²) in [5, 5.41) is 21.3. The lowest BCUT2D eigenvalue weighted by atomic mass is 10.1. The third kappa shape index (κ3) is 5.60. The number of nitrogens with one attached hydrogen (secondary N) is 1. The number of primary amides is 1. The van der Waals surface area contributed by atoms with Gasteiger partial charge in [-0.2, -0.15) is 5.26 Å². The number of hydrogen-bond acceptors (Lipinski definition) is 5. The highest BCUT2D eigenvalue weighted by Crippen LogP contribution is 2.15. The summed E-state index contributed by atoms with van der Waals surface area (Å²) in [6, 6.07) is 16.0. The average molecular weight is 339 g/mol. The van der Waals surface area contributed by atoms with Crippen LogP contribution in [0.2, 0.25) is 0 Å². The van der Waals surface area contributed by atoms with E-state index in [1.807, 2.05) is 36.4 Å². The van der Waals surface area contributed by atoms with Crippen LogP contribution in [0.3, 0.4) is 0 Å². The highest BCUT2D eigenvalue weighted by atomic mass is 16.5. The molecule has 0 fully saturated rings. The SMILES string of the molecule is CC(O)C(NCc1ccc(OCc2cccc(C#N)c2)cc1)C(N)=O. The van der Waals surface area contributed by atoms with Gasteiger partial charge >= 0.3 is 0 Å². The van der Waals surface area contributed by atoms with E-state index in [1.165, 1.54) is 6.92 Å². The normalized spacial score (nSPS) is 12.8. The molecule has 0 aliphatic rings. The predicted octanol–water partition coefficient (Wildman–Crippen LogP) is 1.46. The van der Waals surface area contributed by atoms with Crippen molar-refractivity contribution in [1.82, 2.24) is 5.32 Å². The van der Waals surface area contributed by atoms with E-state index in [2.05, 4.69) is 11.4 Å². The summed E-state index contributed by atoms with van der Waals surface area (Å²) in [6.45, 7) is 2.29. The molecule has 0 radical (unpaired) electrons. The minimum Gasteiger partial charge on any atom is -0.489 e. The van der Waals surface area contributed by atoms with Crippen molar-refractivity contribution in [3.05, 3.63) is 65.2 Å². The summed E-state index contributed by atoms with van der Waals surface area (Å²) >= 11 is 0. The molecule has 0 saturated heterocycles. The minimum absolute atomic E-state index is 0.374. The molecule has 1 amide bonds. The van der Waals surface area contributed by atoms with Crippen molar-refractivity contribution < 1.29 is 14.6 Å². The Balaban J connectivity index is 1.89. The van der Waals surface area contributed by atoms with Gasteiger partial charge in [0.2, 0.25) is 5.91 Å². The fourth-order valence-corrected chi connectivity index (χ4v) is 2.34. The average Bonchev–Trinajstić information content (AvgIpc) is 2.60. The Bertz CT molecular complexity index is 751. The number of nitrogens with zero attached hydrogens (tertiary/aromatic N) is 1. The topological polar surface area (TPSA) is 108 Å². The Morgan fingerprint density at radius 2 is 2.00 bits per heavy atom. The summed E-state index contributed by atoms with van der Waals surface area (Å²) in [5.74, 6) is 0.114. The quantitative estimate of drug-likeness (QED) is 0.675. The number of benzene rings is 2. The van der Waals surface area contributed by atoms with Gasteiger partial charge in [0.15, 0.2) is 0 Å². The molecule has 0 saturated carbocycles. The number of rotatable bonds is 8. The fourth-order valence-electron chi connectivity index (χ4n) is 2.34. The molecule has 2 aromatic rings. The molecular formula is C19H21N3O3. The predicted molar refractivity (Wildman–Crippen MR) is 93.4 cm³/mol. The van der Waals surface area contributed by atoms with Crippen molar-refractivity contribution >= 4 is 5.91 Å². The summed E-state index contributed by atoms with van der Waals surface area (Å²) in [7, 11) is 0. The molecule has 0 aliphatic heterocycles. The standard InChI is InChI=1S/C19H21N3O3/c1-13(23)18(19(21)24)22-11-14-5-7-17(8-6-14)25-12-16-4-2-3-15(9-16)10-20/h2-9,13,18,22-23H,11-12H2,1H3,(H2,21,24). The second-order valence-electron chi connectivity index (χ2n) is 5.75. The molecule has 0 bridgehead atoms. The number of nitriles is 1. The lowest BCUT2D eigenvalue weighted by molar-refractivity contribution is -0.122. The van der Waals surface area contributed by atoms with Crippen LogP contribution in [-0.2, 0) is 17.9 Å². The molecule has 4 N–H and O–H groups in total. The Kier molecular flexibility index (Phi) is 6.52. The molecule has 0 spiro atoms. The first-order chi connectivity index (χ1) is 12.0. The van der Waals surface area contributed by atoms with Crippen LogP contribution in [0.4, 0.5) is 0 Å². The van der Waals surface area contributed by atoms with Crippen LogP contribution < -0.4 is 15.8 Å². The third-order valence-electron chi connectivity index (χ3n) is 3.70. The maximum Gasteiger partial charge on any atom is 0.237 e. The number of aliphatic hydroxyl groups is 1. The maximum atomic E-state index is 11.2. The maximum absolute atomic E-state index is 11.2. The van der Waals surface area contributed by atoms with Gasteiger partial charge in [-0.15, -0.1) is 0 Å². The van der Waals surface area contributed by atoms with Crippen molar-refractivity contribution in [2.45, 2.75) is 32.2 Å². The largest absolute Gasteiger partial charge is 0.489 e. The van der Waals surface area contributed by atoms with Crippen LogP contribution in [0, 0.1) is 11.3 Å². The molecule has 0 heterocycles. The van der Waals surface area contributed by atoms with Gasteiger partial charge in [0.1, 0.15) is 18.4 Å². The van der Waals surface area contributed by atoms with Gasteiger partial charge in [-0.3, -0.25) is 10.1 Å². The first-order valence-electron chi connectivity index (χ1n) is 7.91. The van der Waals surface area contributed by atoms with E-state index < -0.39 is 18.1 Å². The van der Waals surface area contributed by atoms with Gasteiger partial charge in [-0.1, -0.05) is 24.3 Å². The van der Waals surface area contributed by atoms with E-state index in [0.717, 1.165) is 11.1 Å². The van der Waals surface area contributed by atoms with Crippen molar-refractivity contribution in [2.75, 3.05) is 0 Å². The van der Waals surface area contributed by atoms with Gasteiger partial charge < -0.3 is 15.6 Å². The van der Waals surface area contributed by atoms with Gasteiger partial charge in [0.05, 0.1) is 17.7 Å². The molecule has 2 rings (SSSR count). The molecule has 2 atom stereocenters. The highest BCUT2D eigenvalue weighted by Gasteiger charge is 2.19. The van der Waals surface area contributed by atoms with Crippen molar-refractivity contribution in [3.8, 4) is 11.8 Å². The second kappa shape index (κ2) is 8.83. The summed E-state index contributed by atoms with van der Waals surface area (Å²) in [6.07, 6.45) is -0.857. The van der Waals surface area contributed by atoms with Crippen LogP contribution in [-0.4, -0.2) is 23.2 Å². The molecular weight excluding hydrogens is 318 g/mol. The van der Waals surface area contributed by atoms with E-state index in [0.29, 0.717) is 24.5 Å². The van der Waals surface area contributed by atoms with Crippen LogP contribution in [0.25, 0.3) is 0 Å². The van der Waals surface area contributed by atoms with Crippen LogP contribution in [0.5, 0.6) is 5.75 Å². The van der Waals surface area contributed by atoms with E-state index in [1.54, 1.807) is 12.1 Å². The summed E-state index contributed by atoms with van der Waals surface area (Å²) < 4.78 is 5.70. The van der Waals surface area contributed by atoms with Crippen LogP contribution >= 0.6 is 0 Å². The molecule has 6 nitrogen and oxygen atoms in total. The Hall–Kier alpha value is -2.88. The van der Waals surface area contributed by atoms with E-state index in [9.17, 15) is 9.90 Å². The van der Waals surface area contributed by atoms with Crippen molar-refractivity contribution in [3.63, 3.8) is 0 Å². The second-order valence-corrected chi connectivity index (χ2v) is 5.75.